The van der Waals surface area contributed by atoms with E-state index in [4.69, 9.17) is 4.74 Å². The molecule has 1 aromatic rings. The van der Waals surface area contributed by atoms with E-state index >= 15 is 0 Å². The Balaban J connectivity index is 2.30. The normalized spacial score (nSPS) is 21.7. The molecule has 0 saturated heterocycles. The summed E-state index contributed by atoms with van der Waals surface area (Å²) in [5.41, 5.74) is -1.49. The van der Waals surface area contributed by atoms with Crippen molar-refractivity contribution in [3.05, 3.63) is 48.0 Å². The second kappa shape index (κ2) is 7.12. The maximum Gasteiger partial charge on any atom is 0.324 e. The lowest BCUT2D eigenvalue weighted by Crippen LogP contribution is -2.44. The second-order valence-corrected chi connectivity index (χ2v) is 7.17. The molecule has 1 aliphatic carbocycles. The highest BCUT2D eigenvalue weighted by molar-refractivity contribution is 6.09. The lowest BCUT2D eigenvalue weighted by Gasteiger charge is -2.33. The first-order chi connectivity index (χ1) is 11.2. The molecule has 1 aliphatic rings. The third-order valence-corrected chi connectivity index (χ3v) is 4.06. The molecule has 128 valence electrons. The summed E-state index contributed by atoms with van der Waals surface area (Å²) in [5.74, 6) is -0.950. The molecule has 0 unspecified atom stereocenters. The fourth-order valence-electron chi connectivity index (χ4n) is 2.80. The van der Waals surface area contributed by atoms with Gasteiger partial charge < -0.3 is 4.74 Å². The molecule has 4 heteroatoms. The number of benzene rings is 1. The number of carbonyl (C=O) groups excluding carboxylic acids is 3. The smallest absolute Gasteiger partial charge is 0.324 e. The van der Waals surface area contributed by atoms with Crippen LogP contribution in [0.2, 0.25) is 0 Å². The molecular formula is C20H24O4. The summed E-state index contributed by atoms with van der Waals surface area (Å²) in [6.45, 7) is 5.31. The largest absolute Gasteiger partial charge is 0.459 e. The fraction of sp³-hybridized carbons (Fsp3) is 0.450. The number of allylic oxidation sites excluding steroid dienone is 1. The summed E-state index contributed by atoms with van der Waals surface area (Å²) in [4.78, 5) is 37.5. The Morgan fingerprint density at radius 3 is 2.38 bits per heavy atom. The summed E-state index contributed by atoms with van der Waals surface area (Å²) in [7, 11) is 0. The molecule has 0 N–H and O–H groups in total. The predicted molar refractivity (Wildman–Crippen MR) is 91.7 cm³/mol. The SMILES string of the molecule is CC(C)(C)OC(=O)[C@]1(/C=C/C(=O)c2ccccc2)CCCCC1=O. The van der Waals surface area contributed by atoms with Crippen molar-refractivity contribution in [2.24, 2.45) is 5.41 Å². The lowest BCUT2D eigenvalue weighted by molar-refractivity contribution is -0.168. The Hall–Kier alpha value is -2.23. The number of hydrogen-bond acceptors (Lipinski definition) is 4. The van der Waals surface area contributed by atoms with E-state index < -0.39 is 17.0 Å². The number of ether oxygens (including phenoxy) is 1. The molecule has 1 aromatic carbocycles. The van der Waals surface area contributed by atoms with E-state index in [0.29, 0.717) is 18.4 Å². The van der Waals surface area contributed by atoms with Gasteiger partial charge in [0.25, 0.3) is 0 Å². The molecule has 0 aromatic heterocycles. The molecular weight excluding hydrogens is 304 g/mol. The standard InChI is InChI=1S/C20H24O4/c1-19(2,3)24-18(23)20(13-8-7-11-17(20)22)14-12-16(21)15-9-5-4-6-10-15/h4-6,9-10,12,14H,7-8,11,13H2,1-3H3/b14-12+/t20-/m0/s1. The van der Waals surface area contributed by atoms with Gasteiger partial charge in [-0.2, -0.15) is 0 Å². The first-order valence-corrected chi connectivity index (χ1v) is 8.30. The van der Waals surface area contributed by atoms with E-state index in [1.165, 1.54) is 12.2 Å². The number of ketones is 2. The van der Waals surface area contributed by atoms with Crippen LogP contribution in [0.5, 0.6) is 0 Å². The molecule has 0 heterocycles. The molecule has 0 amide bonds. The van der Waals surface area contributed by atoms with Gasteiger partial charge in [0, 0.05) is 12.0 Å². The Morgan fingerprint density at radius 2 is 1.79 bits per heavy atom. The molecule has 0 radical (unpaired) electrons. The van der Waals surface area contributed by atoms with Crippen LogP contribution in [0.1, 0.15) is 56.8 Å². The van der Waals surface area contributed by atoms with E-state index in [0.717, 1.165) is 12.8 Å². The van der Waals surface area contributed by atoms with Crippen LogP contribution in [0.4, 0.5) is 0 Å². The minimum atomic E-state index is -1.34. The summed E-state index contributed by atoms with van der Waals surface area (Å²) in [6.07, 6.45) is 5.04. The van der Waals surface area contributed by atoms with Crippen molar-refractivity contribution < 1.29 is 19.1 Å². The van der Waals surface area contributed by atoms with Gasteiger partial charge in [-0.05, 0) is 39.7 Å². The summed E-state index contributed by atoms with van der Waals surface area (Å²) in [6, 6.07) is 8.78. The van der Waals surface area contributed by atoms with Crippen molar-refractivity contribution in [1.29, 1.82) is 0 Å². The van der Waals surface area contributed by atoms with E-state index in [1.54, 1.807) is 45.0 Å². The third-order valence-electron chi connectivity index (χ3n) is 4.06. The average molecular weight is 328 g/mol. The molecule has 4 nitrogen and oxygen atoms in total. The summed E-state index contributed by atoms with van der Waals surface area (Å²) < 4.78 is 5.47. The van der Waals surface area contributed by atoms with Crippen LogP contribution in [0.3, 0.4) is 0 Å². The molecule has 24 heavy (non-hydrogen) atoms. The van der Waals surface area contributed by atoms with Crippen LogP contribution in [-0.2, 0) is 14.3 Å². The zero-order valence-corrected chi connectivity index (χ0v) is 14.5. The van der Waals surface area contributed by atoms with Crippen molar-refractivity contribution in [1.82, 2.24) is 0 Å². The topological polar surface area (TPSA) is 60.4 Å². The van der Waals surface area contributed by atoms with Crippen LogP contribution in [0.15, 0.2) is 42.5 Å². The predicted octanol–water partition coefficient (Wildman–Crippen LogP) is 3.90. The first kappa shape index (κ1) is 18.1. The van der Waals surface area contributed by atoms with Crippen molar-refractivity contribution in [2.45, 2.75) is 52.1 Å². The third kappa shape index (κ3) is 4.19. The van der Waals surface area contributed by atoms with Gasteiger partial charge in [0.2, 0.25) is 0 Å². The fourth-order valence-corrected chi connectivity index (χ4v) is 2.80. The van der Waals surface area contributed by atoms with Crippen molar-refractivity contribution in [3.63, 3.8) is 0 Å². The summed E-state index contributed by atoms with van der Waals surface area (Å²) >= 11 is 0. The zero-order chi connectivity index (χ0) is 17.8. The molecule has 0 aliphatic heterocycles. The number of hydrogen-bond donors (Lipinski definition) is 0. The molecule has 0 bridgehead atoms. The van der Waals surface area contributed by atoms with Gasteiger partial charge in [-0.15, -0.1) is 0 Å². The van der Waals surface area contributed by atoms with E-state index in [1.807, 2.05) is 6.07 Å². The van der Waals surface area contributed by atoms with E-state index in [2.05, 4.69) is 0 Å². The molecule has 1 saturated carbocycles. The Labute approximate surface area is 142 Å². The van der Waals surface area contributed by atoms with Gasteiger partial charge in [0.1, 0.15) is 11.0 Å². The monoisotopic (exact) mass is 328 g/mol. The van der Waals surface area contributed by atoms with Gasteiger partial charge in [-0.3, -0.25) is 14.4 Å². The van der Waals surface area contributed by atoms with Gasteiger partial charge in [0.05, 0.1) is 0 Å². The zero-order valence-electron chi connectivity index (χ0n) is 14.5. The van der Waals surface area contributed by atoms with Crippen LogP contribution in [-0.4, -0.2) is 23.1 Å². The number of Topliss-reactive ketones (excluding diaryl/α,β-unsaturated/α-hetero) is 1. The summed E-state index contributed by atoms with van der Waals surface area (Å²) in [5, 5.41) is 0. The Kier molecular flexibility index (Phi) is 5.37. The van der Waals surface area contributed by atoms with Gasteiger partial charge >= 0.3 is 5.97 Å². The van der Waals surface area contributed by atoms with Gasteiger partial charge in [0.15, 0.2) is 11.6 Å². The van der Waals surface area contributed by atoms with Crippen molar-refractivity contribution in [2.75, 3.05) is 0 Å². The van der Waals surface area contributed by atoms with Gasteiger partial charge in [-0.25, -0.2) is 0 Å². The van der Waals surface area contributed by atoms with Crippen molar-refractivity contribution >= 4 is 17.5 Å². The highest BCUT2D eigenvalue weighted by Gasteiger charge is 2.47. The maximum absolute atomic E-state index is 12.7. The molecule has 2 rings (SSSR count). The van der Waals surface area contributed by atoms with Gasteiger partial charge in [-0.1, -0.05) is 42.8 Å². The average Bonchev–Trinajstić information content (AvgIpc) is 2.53. The quantitative estimate of drug-likeness (QED) is 0.364. The lowest BCUT2D eigenvalue weighted by atomic mass is 9.72. The van der Waals surface area contributed by atoms with Crippen LogP contribution >= 0.6 is 0 Å². The van der Waals surface area contributed by atoms with Crippen LogP contribution in [0, 0.1) is 5.41 Å². The highest BCUT2D eigenvalue weighted by atomic mass is 16.6. The second-order valence-electron chi connectivity index (χ2n) is 7.17. The minimum Gasteiger partial charge on any atom is -0.459 e. The van der Waals surface area contributed by atoms with Crippen LogP contribution in [0.25, 0.3) is 0 Å². The van der Waals surface area contributed by atoms with E-state index in [-0.39, 0.29) is 11.6 Å². The minimum absolute atomic E-state index is 0.167. The van der Waals surface area contributed by atoms with Crippen LogP contribution < -0.4 is 0 Å². The highest BCUT2D eigenvalue weighted by Crippen LogP contribution is 2.37. The van der Waals surface area contributed by atoms with E-state index in [9.17, 15) is 14.4 Å². The maximum atomic E-state index is 12.7. The molecule has 1 fully saturated rings. The Morgan fingerprint density at radius 1 is 1.12 bits per heavy atom. The molecule has 1 atom stereocenters. The number of esters is 1. The van der Waals surface area contributed by atoms with Crippen molar-refractivity contribution in [3.8, 4) is 0 Å². The number of rotatable bonds is 4. The Bertz CT molecular complexity index is 652. The molecule has 0 spiro atoms. The number of carbonyl (C=O) groups is 3. The first-order valence-electron chi connectivity index (χ1n) is 8.30.